The fraction of sp³-hybridized carbons (Fsp3) is 0.438. The van der Waals surface area contributed by atoms with Crippen LogP contribution < -0.4 is 4.90 Å². The normalized spacial score (nSPS) is 25.5. The van der Waals surface area contributed by atoms with Gasteiger partial charge in [0.1, 0.15) is 10.9 Å². The van der Waals surface area contributed by atoms with Gasteiger partial charge in [0.25, 0.3) is 0 Å². The van der Waals surface area contributed by atoms with Crippen molar-refractivity contribution in [2.75, 3.05) is 25.0 Å². The molecule has 5 heteroatoms. The van der Waals surface area contributed by atoms with Crippen LogP contribution in [0, 0.1) is 0 Å². The van der Waals surface area contributed by atoms with Crippen molar-refractivity contribution in [3.05, 3.63) is 41.4 Å². The molecule has 0 N–H and O–H groups in total. The van der Waals surface area contributed by atoms with Crippen LogP contribution in [-0.4, -0.2) is 46.7 Å². The summed E-state index contributed by atoms with van der Waals surface area (Å²) in [5.74, 6) is 0. The van der Waals surface area contributed by atoms with Gasteiger partial charge in [0.2, 0.25) is 0 Å². The Morgan fingerprint density at radius 3 is 2.33 bits per heavy atom. The van der Waals surface area contributed by atoms with Gasteiger partial charge in [0.15, 0.2) is 0 Å². The van der Waals surface area contributed by atoms with Gasteiger partial charge in [0, 0.05) is 42.7 Å². The zero-order chi connectivity index (χ0) is 14.4. The Morgan fingerprint density at radius 2 is 1.76 bits per heavy atom. The number of hydrogen-bond acceptors (Lipinski definition) is 3. The number of anilines is 1. The highest BCUT2D eigenvalue weighted by molar-refractivity contribution is 9.10. The van der Waals surface area contributed by atoms with Gasteiger partial charge < -0.3 is 9.47 Å². The molecule has 0 unspecified atom stereocenters. The Labute approximate surface area is 133 Å². The van der Waals surface area contributed by atoms with Gasteiger partial charge in [-0.15, -0.1) is 0 Å². The molecule has 3 saturated heterocycles. The lowest BCUT2D eigenvalue weighted by Crippen LogP contribution is -2.61. The number of nitrogens with zero attached hydrogens (tertiary/aromatic N) is 4. The molecule has 3 aliphatic heterocycles. The molecule has 1 aromatic heterocycles. The summed E-state index contributed by atoms with van der Waals surface area (Å²) in [6.07, 6.45) is 6.48. The number of aromatic nitrogens is 2. The summed E-state index contributed by atoms with van der Waals surface area (Å²) in [6, 6.07) is 10.2. The standard InChI is InChI=1S/C16H19BrN4/c1-19-8-15-7-6-14(19)9-21(15)13-4-2-12(3-5-13)20-10-16(17)18-11-20/h2-5,10-11,14-15H,6-9H2,1H3/t14-,15-/m0/s1. The molecule has 0 radical (unpaired) electrons. The topological polar surface area (TPSA) is 24.3 Å². The molecule has 0 aliphatic carbocycles. The first-order valence-electron chi connectivity index (χ1n) is 7.47. The number of halogens is 1. The SMILES string of the molecule is CN1C[C@@H]2CC[C@H]1CN2c1ccc(-n2cnc(Br)c2)cc1. The summed E-state index contributed by atoms with van der Waals surface area (Å²) in [7, 11) is 2.26. The van der Waals surface area contributed by atoms with Crippen molar-refractivity contribution in [2.45, 2.75) is 24.9 Å². The van der Waals surface area contributed by atoms with E-state index in [2.05, 4.69) is 62.0 Å². The minimum Gasteiger partial charge on any atom is -0.366 e. The predicted octanol–water partition coefficient (Wildman–Crippen LogP) is 2.92. The molecule has 1 aromatic carbocycles. The van der Waals surface area contributed by atoms with E-state index in [-0.39, 0.29) is 0 Å². The Balaban J connectivity index is 1.57. The van der Waals surface area contributed by atoms with Gasteiger partial charge in [0.05, 0.1) is 0 Å². The highest BCUT2D eigenvalue weighted by atomic mass is 79.9. The van der Waals surface area contributed by atoms with E-state index in [9.17, 15) is 0 Å². The third-order valence-electron chi connectivity index (χ3n) is 4.83. The molecule has 0 amide bonds. The predicted molar refractivity (Wildman–Crippen MR) is 88.1 cm³/mol. The van der Waals surface area contributed by atoms with Crippen molar-refractivity contribution >= 4 is 21.6 Å². The van der Waals surface area contributed by atoms with E-state index in [1.165, 1.54) is 25.1 Å². The first-order chi connectivity index (χ1) is 10.2. The van der Waals surface area contributed by atoms with E-state index < -0.39 is 0 Å². The Kier molecular flexibility index (Phi) is 3.27. The molecule has 4 heterocycles. The van der Waals surface area contributed by atoms with Crippen molar-refractivity contribution < 1.29 is 0 Å². The first-order valence-corrected chi connectivity index (χ1v) is 8.27. The number of imidazole rings is 1. The summed E-state index contributed by atoms with van der Waals surface area (Å²) >= 11 is 3.39. The molecule has 3 aliphatic rings. The summed E-state index contributed by atoms with van der Waals surface area (Å²) in [5, 5.41) is 0. The van der Waals surface area contributed by atoms with Crippen LogP contribution in [0.25, 0.3) is 5.69 Å². The number of rotatable bonds is 2. The van der Waals surface area contributed by atoms with Gasteiger partial charge >= 0.3 is 0 Å². The van der Waals surface area contributed by atoms with Crippen molar-refractivity contribution in [3.8, 4) is 5.69 Å². The maximum Gasteiger partial charge on any atom is 0.124 e. The summed E-state index contributed by atoms with van der Waals surface area (Å²) in [4.78, 5) is 9.31. The zero-order valence-electron chi connectivity index (χ0n) is 12.1. The van der Waals surface area contributed by atoms with Crippen LogP contribution in [0.3, 0.4) is 0 Å². The first kappa shape index (κ1) is 13.3. The number of likely N-dealkylation sites (N-methyl/N-ethyl adjacent to an activating group) is 1. The molecule has 3 fully saturated rings. The van der Waals surface area contributed by atoms with Gasteiger partial charge in [-0.25, -0.2) is 4.98 Å². The maximum atomic E-state index is 4.21. The lowest BCUT2D eigenvalue weighted by molar-refractivity contribution is 0.125. The molecule has 4 nitrogen and oxygen atoms in total. The second-order valence-corrected chi connectivity index (χ2v) is 6.91. The summed E-state index contributed by atoms with van der Waals surface area (Å²) < 4.78 is 2.90. The van der Waals surface area contributed by atoms with E-state index >= 15 is 0 Å². The Morgan fingerprint density at radius 1 is 1.05 bits per heavy atom. The molecule has 0 spiro atoms. The van der Waals surface area contributed by atoms with Crippen molar-refractivity contribution in [1.82, 2.24) is 14.5 Å². The van der Waals surface area contributed by atoms with Gasteiger partial charge in [-0.2, -0.15) is 0 Å². The number of benzene rings is 1. The minimum absolute atomic E-state index is 0.674. The lowest BCUT2D eigenvalue weighted by atomic mass is 9.91. The van der Waals surface area contributed by atoms with Crippen molar-refractivity contribution in [1.29, 1.82) is 0 Å². The average molecular weight is 347 g/mol. The smallest absolute Gasteiger partial charge is 0.124 e. The minimum atomic E-state index is 0.674. The third kappa shape index (κ3) is 2.38. The summed E-state index contributed by atoms with van der Waals surface area (Å²) in [5.41, 5.74) is 2.50. The van der Waals surface area contributed by atoms with Gasteiger partial charge in [-0.3, -0.25) is 4.90 Å². The number of piperazine rings is 1. The molecule has 2 bridgehead atoms. The van der Waals surface area contributed by atoms with E-state index in [0.717, 1.165) is 22.9 Å². The average Bonchev–Trinajstić information content (AvgIpc) is 2.94. The van der Waals surface area contributed by atoms with E-state index in [4.69, 9.17) is 0 Å². The molecular formula is C16H19BrN4. The quantitative estimate of drug-likeness (QED) is 0.835. The fourth-order valence-electron chi connectivity index (χ4n) is 3.61. The van der Waals surface area contributed by atoms with Crippen LogP contribution in [-0.2, 0) is 0 Å². The highest BCUT2D eigenvalue weighted by Crippen LogP contribution is 2.32. The van der Waals surface area contributed by atoms with E-state index in [1.54, 1.807) is 0 Å². The Hall–Kier alpha value is -1.33. The maximum absolute atomic E-state index is 4.21. The number of hydrogen-bond donors (Lipinski definition) is 0. The van der Waals surface area contributed by atoms with Crippen LogP contribution >= 0.6 is 15.9 Å². The molecule has 110 valence electrons. The van der Waals surface area contributed by atoms with Gasteiger partial charge in [-0.1, -0.05) is 0 Å². The molecule has 2 aromatic rings. The van der Waals surface area contributed by atoms with Crippen molar-refractivity contribution in [2.24, 2.45) is 0 Å². The molecular weight excluding hydrogens is 328 g/mol. The largest absolute Gasteiger partial charge is 0.366 e. The highest BCUT2D eigenvalue weighted by Gasteiger charge is 2.36. The fourth-order valence-corrected chi connectivity index (χ4v) is 3.92. The number of fused-ring (bicyclic) bond motifs is 3. The zero-order valence-corrected chi connectivity index (χ0v) is 13.7. The second-order valence-electron chi connectivity index (χ2n) is 6.10. The van der Waals surface area contributed by atoms with Crippen LogP contribution in [0.5, 0.6) is 0 Å². The summed E-state index contributed by atoms with van der Waals surface area (Å²) in [6.45, 7) is 2.36. The second kappa shape index (κ2) is 5.14. The van der Waals surface area contributed by atoms with Crippen molar-refractivity contribution in [3.63, 3.8) is 0 Å². The molecule has 0 saturated carbocycles. The lowest BCUT2D eigenvalue weighted by Gasteiger charge is -2.51. The van der Waals surface area contributed by atoms with E-state index in [0.29, 0.717) is 6.04 Å². The van der Waals surface area contributed by atoms with E-state index in [1.807, 2.05) is 17.1 Å². The monoisotopic (exact) mass is 346 g/mol. The van der Waals surface area contributed by atoms with Crippen LogP contribution in [0.2, 0.25) is 0 Å². The molecule has 2 atom stereocenters. The number of piperidine rings is 2. The van der Waals surface area contributed by atoms with Gasteiger partial charge in [-0.05, 0) is 60.1 Å². The molecule has 21 heavy (non-hydrogen) atoms. The van der Waals surface area contributed by atoms with Crippen LogP contribution in [0.4, 0.5) is 5.69 Å². The molecule has 5 rings (SSSR count). The van der Waals surface area contributed by atoms with Crippen LogP contribution in [0.15, 0.2) is 41.4 Å². The third-order valence-corrected chi connectivity index (χ3v) is 5.24. The van der Waals surface area contributed by atoms with Crippen LogP contribution in [0.1, 0.15) is 12.8 Å². The Bertz CT molecular complexity index is 636.